The largest absolute Gasteiger partial charge is 0.276 e. The van der Waals surface area contributed by atoms with E-state index in [2.05, 4.69) is 25.9 Å². The summed E-state index contributed by atoms with van der Waals surface area (Å²) in [7, 11) is -3.72. The highest BCUT2D eigenvalue weighted by Gasteiger charge is 2.12. The summed E-state index contributed by atoms with van der Waals surface area (Å²) in [4.78, 5) is 2.27. The Balaban J connectivity index is 2.18. The van der Waals surface area contributed by atoms with Crippen molar-refractivity contribution in [3.05, 3.63) is 64.4 Å². The van der Waals surface area contributed by atoms with Crippen LogP contribution in [0.5, 0.6) is 0 Å². The van der Waals surface area contributed by atoms with Crippen LogP contribution in [0.4, 0.5) is 4.39 Å². The second-order valence-corrected chi connectivity index (χ2v) is 6.83. The zero-order valence-corrected chi connectivity index (χ0v) is 13.4. The zero-order chi connectivity index (χ0) is 15.5. The van der Waals surface area contributed by atoms with Crippen LogP contribution in [0.3, 0.4) is 0 Å². The molecule has 1 N–H and O–H groups in total. The third kappa shape index (κ3) is 4.12. The summed E-state index contributed by atoms with van der Waals surface area (Å²) < 4.78 is 37.7. The summed E-state index contributed by atoms with van der Waals surface area (Å²) in [6.07, 6.45) is 0. The molecule has 0 unspecified atom stereocenters. The van der Waals surface area contributed by atoms with Crippen LogP contribution in [0.25, 0.3) is 0 Å². The number of benzene rings is 2. The second kappa shape index (κ2) is 6.36. The van der Waals surface area contributed by atoms with Crippen molar-refractivity contribution in [3.63, 3.8) is 0 Å². The van der Waals surface area contributed by atoms with E-state index in [9.17, 15) is 12.8 Å². The molecule has 7 heteroatoms. The van der Waals surface area contributed by atoms with Crippen molar-refractivity contribution in [3.8, 4) is 0 Å². The maximum Gasteiger partial charge on any atom is 0.276 e. The molecular formula is C14H12BrFN2O2S. The Hall–Kier alpha value is -1.73. The van der Waals surface area contributed by atoms with Gasteiger partial charge in [-0.2, -0.15) is 18.4 Å². The molecule has 2 aromatic rings. The van der Waals surface area contributed by atoms with Crippen molar-refractivity contribution in [2.24, 2.45) is 5.10 Å². The van der Waals surface area contributed by atoms with Gasteiger partial charge in [0.1, 0.15) is 5.82 Å². The molecule has 0 heterocycles. The van der Waals surface area contributed by atoms with Crippen LogP contribution >= 0.6 is 15.9 Å². The van der Waals surface area contributed by atoms with E-state index in [0.717, 1.165) is 4.47 Å². The number of halogens is 2. The third-order valence-corrected chi connectivity index (χ3v) is 4.47. The Morgan fingerprint density at radius 3 is 2.24 bits per heavy atom. The number of hydrazone groups is 1. The lowest BCUT2D eigenvalue weighted by atomic mass is 10.1. The minimum absolute atomic E-state index is 0.112. The molecule has 0 radical (unpaired) electrons. The summed E-state index contributed by atoms with van der Waals surface area (Å²) in [5.41, 5.74) is 1.07. The van der Waals surface area contributed by atoms with E-state index in [0.29, 0.717) is 11.3 Å². The average molecular weight is 371 g/mol. The predicted octanol–water partition coefficient (Wildman–Crippen LogP) is 3.29. The van der Waals surface area contributed by atoms with Gasteiger partial charge >= 0.3 is 0 Å². The van der Waals surface area contributed by atoms with E-state index in [-0.39, 0.29) is 10.7 Å². The SMILES string of the molecule is C/C(=N/NS(=O)(=O)c1ccc(Br)cc1)c1ccc(F)cc1. The Kier molecular flexibility index (Phi) is 4.74. The fourth-order valence-electron chi connectivity index (χ4n) is 1.55. The predicted molar refractivity (Wildman–Crippen MR) is 83.1 cm³/mol. The van der Waals surface area contributed by atoms with E-state index in [4.69, 9.17) is 0 Å². The number of hydrogen-bond acceptors (Lipinski definition) is 3. The van der Waals surface area contributed by atoms with Crippen molar-refractivity contribution >= 4 is 31.7 Å². The fraction of sp³-hybridized carbons (Fsp3) is 0.0714. The molecule has 0 atom stereocenters. The lowest BCUT2D eigenvalue weighted by Crippen LogP contribution is -2.19. The Bertz CT molecular complexity index is 757. The maximum atomic E-state index is 12.8. The molecule has 110 valence electrons. The number of rotatable bonds is 4. The topological polar surface area (TPSA) is 58.5 Å². The van der Waals surface area contributed by atoms with Crippen LogP contribution in [-0.4, -0.2) is 14.1 Å². The van der Waals surface area contributed by atoms with Gasteiger partial charge in [-0.1, -0.05) is 28.1 Å². The summed E-state index contributed by atoms with van der Waals surface area (Å²) in [6.45, 7) is 1.64. The standard InChI is InChI=1S/C14H12BrFN2O2S/c1-10(11-2-6-13(16)7-3-11)17-18-21(19,20)14-8-4-12(15)5-9-14/h2-9,18H,1H3/b17-10-. The highest BCUT2D eigenvalue weighted by molar-refractivity contribution is 9.10. The van der Waals surface area contributed by atoms with Crippen molar-refractivity contribution in [2.45, 2.75) is 11.8 Å². The summed E-state index contributed by atoms with van der Waals surface area (Å²) in [6, 6.07) is 11.8. The Labute approximate surface area is 130 Å². The van der Waals surface area contributed by atoms with Gasteiger partial charge in [0.25, 0.3) is 10.0 Å². The maximum absolute atomic E-state index is 12.8. The molecule has 21 heavy (non-hydrogen) atoms. The van der Waals surface area contributed by atoms with Crippen LogP contribution in [-0.2, 0) is 10.0 Å². The summed E-state index contributed by atoms with van der Waals surface area (Å²) in [5.74, 6) is -0.359. The summed E-state index contributed by atoms with van der Waals surface area (Å²) >= 11 is 3.24. The zero-order valence-electron chi connectivity index (χ0n) is 11.0. The Morgan fingerprint density at radius 1 is 1.10 bits per heavy atom. The lowest BCUT2D eigenvalue weighted by Gasteiger charge is -2.05. The number of nitrogens with zero attached hydrogens (tertiary/aromatic N) is 1. The van der Waals surface area contributed by atoms with E-state index in [1.54, 1.807) is 19.1 Å². The first kappa shape index (κ1) is 15.7. The second-order valence-electron chi connectivity index (χ2n) is 4.25. The van der Waals surface area contributed by atoms with Crippen molar-refractivity contribution < 1.29 is 12.8 Å². The molecule has 0 aromatic heterocycles. The van der Waals surface area contributed by atoms with Gasteiger partial charge in [0.2, 0.25) is 0 Å². The molecule has 0 fully saturated rings. The molecule has 0 aliphatic rings. The van der Waals surface area contributed by atoms with Gasteiger partial charge in [0.05, 0.1) is 10.6 Å². The normalized spacial score (nSPS) is 12.2. The smallest absolute Gasteiger partial charge is 0.207 e. The van der Waals surface area contributed by atoms with Crippen LogP contribution in [0.15, 0.2) is 63.0 Å². The van der Waals surface area contributed by atoms with Crippen LogP contribution in [0.1, 0.15) is 12.5 Å². The highest BCUT2D eigenvalue weighted by atomic mass is 79.9. The van der Waals surface area contributed by atoms with Crippen LogP contribution in [0, 0.1) is 5.82 Å². The van der Waals surface area contributed by atoms with Crippen molar-refractivity contribution in [1.29, 1.82) is 0 Å². The quantitative estimate of drug-likeness (QED) is 0.662. The summed E-state index contributed by atoms with van der Waals surface area (Å²) in [5, 5.41) is 3.84. The number of nitrogens with one attached hydrogen (secondary N) is 1. The first-order valence-electron chi connectivity index (χ1n) is 5.96. The van der Waals surface area contributed by atoms with E-state index in [1.165, 1.54) is 36.4 Å². The third-order valence-electron chi connectivity index (χ3n) is 2.72. The number of hydrogen-bond donors (Lipinski definition) is 1. The van der Waals surface area contributed by atoms with Gasteiger partial charge in [-0.25, -0.2) is 4.39 Å². The molecule has 0 amide bonds. The van der Waals surface area contributed by atoms with Gasteiger partial charge in [0.15, 0.2) is 0 Å². The first-order valence-corrected chi connectivity index (χ1v) is 8.24. The minimum atomic E-state index is -3.72. The van der Waals surface area contributed by atoms with Crippen molar-refractivity contribution in [2.75, 3.05) is 0 Å². The Morgan fingerprint density at radius 2 is 1.67 bits per heavy atom. The molecule has 0 spiro atoms. The van der Waals surface area contributed by atoms with Crippen molar-refractivity contribution in [1.82, 2.24) is 4.83 Å². The molecule has 0 aliphatic heterocycles. The van der Waals surface area contributed by atoms with Gasteiger partial charge in [0, 0.05) is 4.47 Å². The molecule has 0 bridgehead atoms. The van der Waals surface area contributed by atoms with Crippen LogP contribution in [0.2, 0.25) is 0 Å². The monoisotopic (exact) mass is 370 g/mol. The molecule has 4 nitrogen and oxygen atoms in total. The van der Waals surface area contributed by atoms with Gasteiger partial charge in [-0.3, -0.25) is 0 Å². The number of sulfonamides is 1. The lowest BCUT2D eigenvalue weighted by molar-refractivity contribution is 0.584. The van der Waals surface area contributed by atoms with E-state index < -0.39 is 10.0 Å². The molecule has 0 saturated carbocycles. The van der Waals surface area contributed by atoms with Gasteiger partial charge in [-0.05, 0) is 48.9 Å². The van der Waals surface area contributed by atoms with E-state index >= 15 is 0 Å². The van der Waals surface area contributed by atoms with Gasteiger partial charge in [-0.15, -0.1) is 0 Å². The van der Waals surface area contributed by atoms with E-state index in [1.807, 2.05) is 0 Å². The molecule has 2 rings (SSSR count). The average Bonchev–Trinajstić information content (AvgIpc) is 2.46. The van der Waals surface area contributed by atoms with Crippen LogP contribution < -0.4 is 4.83 Å². The first-order chi connectivity index (χ1) is 9.88. The molecule has 0 aliphatic carbocycles. The highest BCUT2D eigenvalue weighted by Crippen LogP contribution is 2.14. The molecular weight excluding hydrogens is 359 g/mol. The molecule has 0 saturated heterocycles. The molecule has 2 aromatic carbocycles. The fourth-order valence-corrected chi connectivity index (χ4v) is 2.67. The van der Waals surface area contributed by atoms with Gasteiger partial charge < -0.3 is 0 Å². The minimum Gasteiger partial charge on any atom is -0.207 e.